The number of fused-ring (bicyclic) bond motifs is 2. The van der Waals surface area contributed by atoms with Crippen LogP contribution in [0.15, 0.2) is 35.5 Å². The zero-order valence-corrected chi connectivity index (χ0v) is 17.0. The lowest BCUT2D eigenvalue weighted by Gasteiger charge is -2.29. The predicted molar refractivity (Wildman–Crippen MR) is 100 cm³/mol. The summed E-state index contributed by atoms with van der Waals surface area (Å²) in [5, 5.41) is 10.8. The van der Waals surface area contributed by atoms with Crippen molar-refractivity contribution < 1.29 is 38.4 Å². The van der Waals surface area contributed by atoms with Crippen LogP contribution in [0.4, 0.5) is 0 Å². The van der Waals surface area contributed by atoms with E-state index in [9.17, 15) is 19.5 Å². The normalized spacial score (nSPS) is 36.9. The van der Waals surface area contributed by atoms with Gasteiger partial charge in [0.05, 0.1) is 5.92 Å². The van der Waals surface area contributed by atoms with Gasteiger partial charge in [0.1, 0.15) is 24.4 Å². The van der Waals surface area contributed by atoms with E-state index in [4.69, 9.17) is 18.9 Å². The number of aliphatic hydroxyl groups is 1. The van der Waals surface area contributed by atoms with E-state index in [1.807, 2.05) is 0 Å². The van der Waals surface area contributed by atoms with E-state index in [0.717, 1.165) is 0 Å². The van der Waals surface area contributed by atoms with E-state index >= 15 is 0 Å². The van der Waals surface area contributed by atoms with Crippen molar-refractivity contribution in [2.24, 2.45) is 5.92 Å². The molecular weight excluding hydrogens is 380 g/mol. The molecule has 2 saturated heterocycles. The molecular formula is C21H26O8. The van der Waals surface area contributed by atoms with Crippen LogP contribution in [0.25, 0.3) is 0 Å². The van der Waals surface area contributed by atoms with E-state index in [2.05, 4.69) is 6.58 Å². The molecule has 0 unspecified atom stereocenters. The number of allylic oxidation sites excluding steroid dienone is 1. The number of hydrogen-bond acceptors (Lipinski definition) is 8. The van der Waals surface area contributed by atoms with Gasteiger partial charge in [0.15, 0.2) is 5.79 Å². The summed E-state index contributed by atoms with van der Waals surface area (Å²) in [4.78, 5) is 36.1. The first-order chi connectivity index (χ1) is 13.6. The highest BCUT2D eigenvalue weighted by Gasteiger charge is 2.60. The fourth-order valence-electron chi connectivity index (χ4n) is 3.77. The van der Waals surface area contributed by atoms with Crippen LogP contribution in [0, 0.1) is 5.92 Å². The minimum atomic E-state index is -1.55. The van der Waals surface area contributed by atoms with Gasteiger partial charge in [0.25, 0.3) is 0 Å². The topological polar surface area (TPSA) is 112 Å². The second kappa shape index (κ2) is 7.76. The molecule has 0 radical (unpaired) electrons. The van der Waals surface area contributed by atoms with Crippen LogP contribution in [0.2, 0.25) is 0 Å². The van der Waals surface area contributed by atoms with Crippen molar-refractivity contribution in [3.05, 3.63) is 35.5 Å². The van der Waals surface area contributed by atoms with Gasteiger partial charge in [0.2, 0.25) is 0 Å². The largest absolute Gasteiger partial charge is 0.458 e. The molecule has 29 heavy (non-hydrogen) atoms. The summed E-state index contributed by atoms with van der Waals surface area (Å²) in [5.41, 5.74) is 1.20. The third kappa shape index (κ3) is 4.28. The fraction of sp³-hybridized carbons (Fsp3) is 0.571. The lowest BCUT2D eigenvalue weighted by molar-refractivity contribution is -0.151. The summed E-state index contributed by atoms with van der Waals surface area (Å²) < 4.78 is 21.9. The summed E-state index contributed by atoms with van der Waals surface area (Å²) in [6, 6.07) is 0. The van der Waals surface area contributed by atoms with Crippen LogP contribution in [0.1, 0.15) is 40.5 Å². The monoisotopic (exact) mass is 406 g/mol. The lowest BCUT2D eigenvalue weighted by Crippen LogP contribution is -2.39. The molecule has 2 fully saturated rings. The maximum Gasteiger partial charge on any atom is 0.334 e. The van der Waals surface area contributed by atoms with Gasteiger partial charge in [-0.3, -0.25) is 4.79 Å². The summed E-state index contributed by atoms with van der Waals surface area (Å²) in [6.07, 6.45) is 0.595. The van der Waals surface area contributed by atoms with Crippen LogP contribution >= 0.6 is 0 Å². The second-order valence-corrected chi connectivity index (χ2v) is 7.74. The van der Waals surface area contributed by atoms with E-state index in [1.54, 1.807) is 32.9 Å². The maximum absolute atomic E-state index is 12.4. The Hall–Kier alpha value is -2.45. The van der Waals surface area contributed by atoms with Gasteiger partial charge >= 0.3 is 17.9 Å². The van der Waals surface area contributed by atoms with E-state index < -0.39 is 54.0 Å². The molecule has 6 atom stereocenters. The maximum atomic E-state index is 12.4. The predicted octanol–water partition coefficient (Wildman–Crippen LogP) is 1.72. The Morgan fingerprint density at radius 2 is 2.03 bits per heavy atom. The van der Waals surface area contributed by atoms with Crippen molar-refractivity contribution in [2.75, 3.05) is 0 Å². The van der Waals surface area contributed by atoms with Gasteiger partial charge < -0.3 is 24.1 Å². The van der Waals surface area contributed by atoms with Gasteiger partial charge in [-0.2, -0.15) is 0 Å². The highest BCUT2D eigenvalue weighted by atomic mass is 16.7. The highest BCUT2D eigenvalue weighted by Crippen LogP contribution is 2.47. The first kappa shape index (κ1) is 21.3. The van der Waals surface area contributed by atoms with Crippen molar-refractivity contribution in [1.29, 1.82) is 0 Å². The van der Waals surface area contributed by atoms with Crippen LogP contribution in [0.5, 0.6) is 0 Å². The van der Waals surface area contributed by atoms with Crippen molar-refractivity contribution in [3.8, 4) is 0 Å². The SMILES string of the molecule is C=C1C(=O)O[C@@H]2C=C(C)[C@@H](OC(C)=O)C[C@H]3O[C@]3(O)C[C@@H](OC(=O)/C(C)=C\C)[C@@H]12. The van der Waals surface area contributed by atoms with Gasteiger partial charge in [-0.1, -0.05) is 12.7 Å². The number of epoxide rings is 1. The molecule has 0 aromatic rings. The third-order valence-corrected chi connectivity index (χ3v) is 5.63. The zero-order chi connectivity index (χ0) is 21.5. The van der Waals surface area contributed by atoms with Crippen LogP contribution in [-0.2, 0) is 33.3 Å². The molecule has 0 spiro atoms. The molecule has 2 aliphatic heterocycles. The smallest absolute Gasteiger partial charge is 0.334 e. The Morgan fingerprint density at radius 3 is 2.66 bits per heavy atom. The molecule has 8 heteroatoms. The average molecular weight is 406 g/mol. The highest BCUT2D eigenvalue weighted by molar-refractivity contribution is 5.92. The third-order valence-electron chi connectivity index (χ3n) is 5.63. The molecule has 0 saturated carbocycles. The van der Waals surface area contributed by atoms with Gasteiger partial charge in [-0.05, 0) is 32.4 Å². The molecule has 0 bridgehead atoms. The minimum Gasteiger partial charge on any atom is -0.458 e. The van der Waals surface area contributed by atoms with Crippen LogP contribution < -0.4 is 0 Å². The van der Waals surface area contributed by atoms with Gasteiger partial charge in [-0.25, -0.2) is 9.59 Å². The van der Waals surface area contributed by atoms with Crippen molar-refractivity contribution in [1.82, 2.24) is 0 Å². The number of carbonyl (C=O) groups is 3. The Morgan fingerprint density at radius 1 is 1.34 bits per heavy atom. The average Bonchev–Trinajstić information content (AvgIpc) is 3.17. The van der Waals surface area contributed by atoms with Crippen molar-refractivity contribution in [2.45, 2.75) is 70.7 Å². The standard InChI is InChI=1S/C21H26O8/c1-6-10(2)19(23)28-16-9-21(25)17(29-21)8-14(26-13(5)22)11(3)7-15-18(16)12(4)20(24)27-15/h6-7,14-18,25H,4,8-9H2,1-3,5H3/b10-6-,11-7?/t14-,15+,16+,17+,18-,21+/m0/s1. The van der Waals surface area contributed by atoms with Crippen LogP contribution in [-0.4, -0.2) is 53.2 Å². The Balaban J connectivity index is 1.99. The Bertz CT molecular complexity index is 809. The number of carbonyl (C=O) groups excluding carboxylic acids is 3. The molecule has 1 aliphatic carbocycles. The molecule has 0 aromatic carbocycles. The van der Waals surface area contributed by atoms with E-state index in [1.165, 1.54) is 6.92 Å². The molecule has 8 nitrogen and oxygen atoms in total. The summed E-state index contributed by atoms with van der Waals surface area (Å²) in [7, 11) is 0. The first-order valence-electron chi connectivity index (χ1n) is 9.55. The minimum absolute atomic E-state index is 0.0586. The molecule has 158 valence electrons. The first-order valence-corrected chi connectivity index (χ1v) is 9.55. The van der Waals surface area contributed by atoms with Gasteiger partial charge in [-0.15, -0.1) is 0 Å². The Kier molecular flexibility index (Phi) is 5.69. The molecule has 3 aliphatic rings. The Labute approximate surface area is 169 Å². The van der Waals surface area contributed by atoms with E-state index in [-0.39, 0.29) is 18.4 Å². The van der Waals surface area contributed by atoms with Crippen molar-refractivity contribution >= 4 is 17.9 Å². The molecule has 0 amide bonds. The van der Waals surface area contributed by atoms with E-state index in [0.29, 0.717) is 11.1 Å². The molecule has 1 N–H and O–H groups in total. The van der Waals surface area contributed by atoms with Gasteiger partial charge in [0, 0.05) is 30.9 Å². The molecule has 2 heterocycles. The number of hydrogen-bond donors (Lipinski definition) is 1. The molecule has 0 aromatic heterocycles. The fourth-order valence-corrected chi connectivity index (χ4v) is 3.77. The van der Waals surface area contributed by atoms with Crippen LogP contribution in [0.3, 0.4) is 0 Å². The number of rotatable bonds is 3. The number of ether oxygens (including phenoxy) is 4. The second-order valence-electron chi connectivity index (χ2n) is 7.74. The molecule has 3 rings (SSSR count). The van der Waals surface area contributed by atoms with Crippen molar-refractivity contribution in [3.63, 3.8) is 0 Å². The number of esters is 3. The summed E-state index contributed by atoms with van der Waals surface area (Å²) >= 11 is 0. The summed E-state index contributed by atoms with van der Waals surface area (Å²) in [6.45, 7) is 10.2. The quantitative estimate of drug-likeness (QED) is 0.248. The summed E-state index contributed by atoms with van der Waals surface area (Å²) in [5.74, 6) is -3.88. The lowest BCUT2D eigenvalue weighted by atomic mass is 9.84. The zero-order valence-electron chi connectivity index (χ0n) is 17.0.